The van der Waals surface area contributed by atoms with Gasteiger partial charge in [0.1, 0.15) is 34.8 Å². The first kappa shape index (κ1) is 21.5. The van der Waals surface area contributed by atoms with Crippen LogP contribution in [-0.2, 0) is 9.59 Å². The fraction of sp³-hybridized carbons (Fsp3) is 0.167. The zero-order valence-electron chi connectivity index (χ0n) is 17.6. The number of furan rings is 1. The van der Waals surface area contributed by atoms with Crippen molar-refractivity contribution in [1.29, 1.82) is 0 Å². The lowest BCUT2D eigenvalue weighted by molar-refractivity contribution is -0.132. The minimum Gasteiger partial charge on any atom is -0.507 e. The molecule has 0 aliphatic carbocycles. The number of benzene rings is 2. The van der Waals surface area contributed by atoms with Gasteiger partial charge in [0.05, 0.1) is 24.8 Å². The Morgan fingerprint density at radius 2 is 1.84 bits per heavy atom. The number of nitrogens with zero attached hydrogens (tertiary/aromatic N) is 1. The molecule has 0 radical (unpaired) electrons. The van der Waals surface area contributed by atoms with Crippen LogP contribution in [0.1, 0.15) is 23.1 Å². The molecule has 2 aromatic carbocycles. The molecular weight excluding hydrogens is 434 g/mol. The van der Waals surface area contributed by atoms with Gasteiger partial charge in [-0.15, -0.1) is 0 Å². The Morgan fingerprint density at radius 1 is 1.06 bits per heavy atom. The van der Waals surface area contributed by atoms with Crippen LogP contribution in [0.25, 0.3) is 5.76 Å². The lowest BCUT2D eigenvalue weighted by Gasteiger charge is -2.23. The van der Waals surface area contributed by atoms with E-state index in [4.69, 9.17) is 25.5 Å². The Balaban J connectivity index is 1.93. The number of aliphatic hydroxyl groups excluding tert-OH is 1. The molecule has 1 aromatic heterocycles. The van der Waals surface area contributed by atoms with Crippen molar-refractivity contribution in [2.75, 3.05) is 19.1 Å². The number of carbonyl (C=O) groups is 2. The monoisotopic (exact) mass is 453 g/mol. The summed E-state index contributed by atoms with van der Waals surface area (Å²) in [4.78, 5) is 27.5. The van der Waals surface area contributed by atoms with E-state index in [1.54, 1.807) is 55.5 Å². The molecule has 0 spiro atoms. The van der Waals surface area contributed by atoms with Gasteiger partial charge in [-0.25, -0.2) is 0 Å². The molecule has 1 aliphatic heterocycles. The predicted octanol–water partition coefficient (Wildman–Crippen LogP) is 4.88. The summed E-state index contributed by atoms with van der Waals surface area (Å²) in [5.41, 5.74) is 0.609. The molecule has 4 rings (SSSR count). The molecule has 0 bridgehead atoms. The van der Waals surface area contributed by atoms with Gasteiger partial charge in [0.25, 0.3) is 11.7 Å². The molecule has 3 aromatic rings. The smallest absolute Gasteiger partial charge is 0.300 e. The van der Waals surface area contributed by atoms with Crippen molar-refractivity contribution in [3.05, 3.63) is 82.3 Å². The molecule has 1 N–H and O–H groups in total. The Morgan fingerprint density at radius 3 is 2.50 bits per heavy atom. The molecule has 8 heteroatoms. The highest BCUT2D eigenvalue weighted by Gasteiger charge is 2.48. The molecular formula is C24H20ClNO6. The van der Waals surface area contributed by atoms with Gasteiger partial charge in [-0.05, 0) is 49.4 Å². The molecule has 1 aliphatic rings. The van der Waals surface area contributed by atoms with Gasteiger partial charge in [-0.3, -0.25) is 14.5 Å². The number of halogens is 1. The minimum absolute atomic E-state index is 0.100. The van der Waals surface area contributed by atoms with Crippen LogP contribution >= 0.6 is 11.6 Å². The van der Waals surface area contributed by atoms with Crippen LogP contribution in [0.2, 0.25) is 5.02 Å². The number of aryl methyl sites for hydroxylation is 1. The van der Waals surface area contributed by atoms with Crippen molar-refractivity contribution in [1.82, 2.24) is 0 Å². The molecule has 32 heavy (non-hydrogen) atoms. The largest absolute Gasteiger partial charge is 0.507 e. The third-order valence-corrected chi connectivity index (χ3v) is 5.54. The normalized spacial score (nSPS) is 17.6. The number of hydrogen-bond acceptors (Lipinski definition) is 6. The van der Waals surface area contributed by atoms with Crippen molar-refractivity contribution < 1.29 is 28.6 Å². The summed E-state index contributed by atoms with van der Waals surface area (Å²) < 4.78 is 16.3. The number of ether oxygens (including phenoxy) is 2. The lowest BCUT2D eigenvalue weighted by Crippen LogP contribution is -2.29. The number of aliphatic hydroxyl groups is 1. The molecule has 7 nitrogen and oxygen atoms in total. The summed E-state index contributed by atoms with van der Waals surface area (Å²) in [5, 5.41) is 11.5. The first-order valence-corrected chi connectivity index (χ1v) is 10.1. The maximum absolute atomic E-state index is 13.1. The van der Waals surface area contributed by atoms with Crippen LogP contribution in [0.4, 0.5) is 5.69 Å². The summed E-state index contributed by atoms with van der Waals surface area (Å²) in [6.45, 7) is 1.76. The van der Waals surface area contributed by atoms with E-state index >= 15 is 0 Å². The van der Waals surface area contributed by atoms with Crippen molar-refractivity contribution in [2.24, 2.45) is 0 Å². The van der Waals surface area contributed by atoms with Crippen LogP contribution in [0.5, 0.6) is 11.5 Å². The summed E-state index contributed by atoms with van der Waals surface area (Å²) in [5.74, 6) is -0.207. The Kier molecular flexibility index (Phi) is 5.67. The molecule has 1 amide bonds. The third kappa shape index (κ3) is 3.61. The van der Waals surface area contributed by atoms with E-state index in [0.29, 0.717) is 33.7 Å². The SMILES string of the molecule is COc1cccc(N2C(=O)C(=O)/C(=C(\O)c3ccc(Cl)c(OC)c3)C2c2ccc(C)o2)c1. The zero-order valence-corrected chi connectivity index (χ0v) is 18.3. The number of methoxy groups -OCH3 is 2. The number of rotatable bonds is 5. The standard InChI is InChI=1S/C24H20ClNO6/c1-13-7-10-18(32-13)21-20(22(27)14-8-9-17(25)19(11-14)31-3)23(28)24(29)26(21)15-5-4-6-16(12-15)30-2/h4-12,21,27H,1-3H3/b22-20-. The van der Waals surface area contributed by atoms with E-state index in [0.717, 1.165) is 0 Å². The van der Waals surface area contributed by atoms with Crippen LogP contribution in [0, 0.1) is 6.92 Å². The summed E-state index contributed by atoms with van der Waals surface area (Å²) in [6, 6.07) is 13.8. The number of hydrogen-bond donors (Lipinski definition) is 1. The molecule has 1 saturated heterocycles. The fourth-order valence-corrected chi connectivity index (χ4v) is 3.89. The molecule has 164 valence electrons. The van der Waals surface area contributed by atoms with Crippen molar-refractivity contribution in [2.45, 2.75) is 13.0 Å². The van der Waals surface area contributed by atoms with E-state index in [2.05, 4.69) is 0 Å². The van der Waals surface area contributed by atoms with Crippen molar-refractivity contribution in [3.8, 4) is 11.5 Å². The molecule has 2 heterocycles. The highest BCUT2D eigenvalue weighted by atomic mass is 35.5. The maximum atomic E-state index is 13.1. The first-order valence-electron chi connectivity index (χ1n) is 9.71. The van der Waals surface area contributed by atoms with E-state index in [9.17, 15) is 14.7 Å². The van der Waals surface area contributed by atoms with Gasteiger partial charge in [-0.2, -0.15) is 0 Å². The highest BCUT2D eigenvalue weighted by molar-refractivity contribution is 6.51. The molecule has 1 unspecified atom stereocenters. The second-order valence-electron chi connectivity index (χ2n) is 7.17. The Labute approximate surface area is 189 Å². The number of amides is 1. The molecule has 1 atom stereocenters. The van der Waals surface area contributed by atoms with Gasteiger partial charge in [0, 0.05) is 17.3 Å². The number of anilines is 1. The van der Waals surface area contributed by atoms with Gasteiger partial charge in [0.15, 0.2) is 0 Å². The Bertz CT molecular complexity index is 1240. The van der Waals surface area contributed by atoms with Gasteiger partial charge in [0.2, 0.25) is 0 Å². The van der Waals surface area contributed by atoms with E-state index in [1.165, 1.54) is 25.2 Å². The van der Waals surface area contributed by atoms with E-state index < -0.39 is 17.7 Å². The van der Waals surface area contributed by atoms with Gasteiger partial charge >= 0.3 is 0 Å². The predicted molar refractivity (Wildman–Crippen MR) is 119 cm³/mol. The average Bonchev–Trinajstić information content (AvgIpc) is 3.34. The second kappa shape index (κ2) is 8.43. The topological polar surface area (TPSA) is 89.2 Å². The van der Waals surface area contributed by atoms with E-state index in [1.807, 2.05) is 0 Å². The molecule has 1 fully saturated rings. The maximum Gasteiger partial charge on any atom is 0.300 e. The number of carbonyl (C=O) groups excluding carboxylic acids is 2. The van der Waals surface area contributed by atoms with Gasteiger partial charge < -0.3 is 19.0 Å². The average molecular weight is 454 g/mol. The summed E-state index contributed by atoms with van der Waals surface area (Å²) >= 11 is 6.09. The van der Waals surface area contributed by atoms with Crippen LogP contribution in [-0.4, -0.2) is 31.0 Å². The number of ketones is 1. The van der Waals surface area contributed by atoms with Crippen LogP contribution in [0.3, 0.4) is 0 Å². The Hall–Kier alpha value is -3.71. The zero-order chi connectivity index (χ0) is 23.0. The first-order chi connectivity index (χ1) is 15.3. The fourth-order valence-electron chi connectivity index (χ4n) is 3.69. The number of Topliss-reactive ketones (excluding diaryl/α,β-unsaturated/α-hetero) is 1. The van der Waals surface area contributed by atoms with Crippen LogP contribution < -0.4 is 14.4 Å². The summed E-state index contributed by atoms with van der Waals surface area (Å²) in [6.07, 6.45) is 0. The minimum atomic E-state index is -0.975. The quantitative estimate of drug-likeness (QED) is 0.336. The van der Waals surface area contributed by atoms with Gasteiger partial charge in [-0.1, -0.05) is 17.7 Å². The van der Waals surface area contributed by atoms with Crippen molar-refractivity contribution in [3.63, 3.8) is 0 Å². The summed E-state index contributed by atoms with van der Waals surface area (Å²) in [7, 11) is 2.95. The van der Waals surface area contributed by atoms with E-state index in [-0.39, 0.29) is 16.9 Å². The lowest BCUT2D eigenvalue weighted by atomic mass is 9.99. The van der Waals surface area contributed by atoms with Crippen LogP contribution in [0.15, 0.2) is 64.6 Å². The molecule has 0 saturated carbocycles. The highest BCUT2D eigenvalue weighted by Crippen LogP contribution is 2.43. The third-order valence-electron chi connectivity index (χ3n) is 5.23. The second-order valence-corrected chi connectivity index (χ2v) is 7.58. The van der Waals surface area contributed by atoms with Crippen molar-refractivity contribution >= 4 is 34.7 Å².